The molecule has 3 aromatic carbocycles. The molecule has 7 nitrogen and oxygen atoms in total. The van der Waals surface area contributed by atoms with E-state index < -0.39 is 55.8 Å². The van der Waals surface area contributed by atoms with Crippen LogP contribution < -0.4 is 5.32 Å². The fourth-order valence-corrected chi connectivity index (χ4v) is 5.88. The SMILES string of the molecule is Cc1cccc2c(-c3ncc(CN(C)C)c4ccccc34)cccc12.O=C(O)CNC(=O)C1(C(F)(F)F)CCN(CC(F)F)CC1. The van der Waals surface area contributed by atoms with Gasteiger partial charge in [-0.1, -0.05) is 60.7 Å². The zero-order valence-corrected chi connectivity index (χ0v) is 25.9. The summed E-state index contributed by atoms with van der Waals surface area (Å²) in [6, 6.07) is 21.6. The molecule has 2 N–H and O–H groups in total. The number of benzene rings is 3. The number of carboxylic acid groups (broad SMARTS) is 1. The van der Waals surface area contributed by atoms with Gasteiger partial charge < -0.3 is 15.3 Å². The van der Waals surface area contributed by atoms with Crippen LogP contribution in [0, 0.1) is 12.3 Å². The van der Waals surface area contributed by atoms with Crippen LogP contribution in [-0.2, 0) is 16.1 Å². The lowest BCUT2D eigenvalue weighted by Gasteiger charge is -2.41. The number of likely N-dealkylation sites (tertiary alicyclic amines) is 1. The van der Waals surface area contributed by atoms with Gasteiger partial charge in [0.1, 0.15) is 12.0 Å². The molecule has 0 saturated carbocycles. The lowest BCUT2D eigenvalue weighted by Crippen LogP contribution is -2.57. The molecule has 12 heteroatoms. The van der Waals surface area contributed by atoms with Crippen molar-refractivity contribution in [2.45, 2.75) is 38.9 Å². The summed E-state index contributed by atoms with van der Waals surface area (Å²) in [5.41, 5.74) is 2.11. The molecule has 0 bridgehead atoms. The van der Waals surface area contributed by atoms with Crippen molar-refractivity contribution in [3.05, 3.63) is 78.0 Å². The third-order valence-corrected chi connectivity index (χ3v) is 8.24. The van der Waals surface area contributed by atoms with Gasteiger partial charge >= 0.3 is 12.1 Å². The van der Waals surface area contributed by atoms with Crippen molar-refractivity contribution in [3.8, 4) is 11.3 Å². The summed E-state index contributed by atoms with van der Waals surface area (Å²) in [7, 11) is 4.19. The molecule has 2 heterocycles. The summed E-state index contributed by atoms with van der Waals surface area (Å²) < 4.78 is 64.0. The molecule has 1 fully saturated rings. The quantitative estimate of drug-likeness (QED) is 0.213. The number of carboxylic acids is 1. The zero-order chi connectivity index (χ0) is 33.6. The molecule has 0 radical (unpaired) electrons. The van der Waals surface area contributed by atoms with E-state index >= 15 is 0 Å². The van der Waals surface area contributed by atoms with Crippen LogP contribution in [-0.4, -0.2) is 84.6 Å². The van der Waals surface area contributed by atoms with Gasteiger partial charge in [0.15, 0.2) is 0 Å². The average Bonchev–Trinajstić information content (AvgIpc) is 3.00. The van der Waals surface area contributed by atoms with Crippen molar-refractivity contribution >= 4 is 33.4 Å². The largest absolute Gasteiger partial charge is 0.480 e. The number of aromatic nitrogens is 1. The van der Waals surface area contributed by atoms with Crippen LogP contribution in [0.15, 0.2) is 66.9 Å². The van der Waals surface area contributed by atoms with Gasteiger partial charge in [-0.15, -0.1) is 0 Å². The number of pyridine rings is 1. The van der Waals surface area contributed by atoms with E-state index in [2.05, 4.69) is 86.6 Å². The molecule has 1 amide bonds. The summed E-state index contributed by atoms with van der Waals surface area (Å²) >= 11 is 0. The lowest BCUT2D eigenvalue weighted by molar-refractivity contribution is -0.233. The van der Waals surface area contributed by atoms with Crippen LogP contribution in [0.5, 0.6) is 0 Å². The maximum Gasteiger partial charge on any atom is 0.403 e. The average molecular weight is 645 g/mol. The maximum atomic E-state index is 13.2. The Labute approximate surface area is 264 Å². The number of hydrogen-bond acceptors (Lipinski definition) is 5. The third kappa shape index (κ3) is 7.79. The molecule has 1 saturated heterocycles. The number of hydrogen-bond donors (Lipinski definition) is 2. The first-order valence-electron chi connectivity index (χ1n) is 14.8. The Morgan fingerprint density at radius 2 is 1.57 bits per heavy atom. The van der Waals surface area contributed by atoms with E-state index in [1.165, 1.54) is 38.2 Å². The number of fused-ring (bicyclic) bond motifs is 2. The molecule has 0 atom stereocenters. The first-order valence-corrected chi connectivity index (χ1v) is 14.8. The van der Waals surface area contributed by atoms with Gasteiger partial charge in [0.05, 0.1) is 12.2 Å². The minimum Gasteiger partial charge on any atom is -0.480 e. The Bertz CT molecular complexity index is 1690. The molecule has 0 spiro atoms. The second-order valence-corrected chi connectivity index (χ2v) is 11.7. The molecular formula is C34H37F5N4O3. The number of piperidine rings is 1. The van der Waals surface area contributed by atoms with Gasteiger partial charge in [0.25, 0.3) is 6.43 Å². The van der Waals surface area contributed by atoms with Crippen molar-refractivity contribution in [1.29, 1.82) is 0 Å². The van der Waals surface area contributed by atoms with Crippen LogP contribution in [0.1, 0.15) is 24.0 Å². The van der Waals surface area contributed by atoms with Crippen LogP contribution in [0.4, 0.5) is 22.0 Å². The number of nitrogens with zero attached hydrogens (tertiary/aromatic N) is 3. The maximum absolute atomic E-state index is 13.2. The number of rotatable bonds is 8. The van der Waals surface area contributed by atoms with E-state index in [1.807, 2.05) is 6.20 Å². The zero-order valence-electron chi connectivity index (χ0n) is 25.9. The summed E-state index contributed by atoms with van der Waals surface area (Å²) in [5, 5.41) is 15.2. The number of aliphatic carboxylic acids is 1. The summed E-state index contributed by atoms with van der Waals surface area (Å²) in [6.45, 7) is 0.886. The van der Waals surface area contributed by atoms with Crippen LogP contribution in [0.3, 0.4) is 0 Å². The predicted molar refractivity (Wildman–Crippen MR) is 168 cm³/mol. The molecule has 0 aliphatic carbocycles. The molecule has 1 aliphatic rings. The smallest absolute Gasteiger partial charge is 0.403 e. The van der Waals surface area contributed by atoms with Gasteiger partial charge in [0, 0.05) is 23.7 Å². The van der Waals surface area contributed by atoms with E-state index in [0.29, 0.717) is 0 Å². The molecule has 1 aromatic heterocycles. The highest BCUT2D eigenvalue weighted by Gasteiger charge is 2.60. The lowest BCUT2D eigenvalue weighted by atomic mass is 9.76. The number of amides is 1. The number of alkyl halides is 5. The minimum atomic E-state index is -4.87. The monoisotopic (exact) mass is 644 g/mol. The highest BCUT2D eigenvalue weighted by atomic mass is 19.4. The Morgan fingerprint density at radius 3 is 2.17 bits per heavy atom. The van der Waals surface area contributed by atoms with Gasteiger partial charge in [-0.3, -0.25) is 19.5 Å². The fourth-order valence-electron chi connectivity index (χ4n) is 5.88. The molecule has 246 valence electrons. The standard InChI is InChI=1S/C23H22N2.C11H15F5N2O3/c1-16-8-6-12-20-18(16)11-7-13-22(20)23-21-10-5-4-9-19(21)17(14-24-23)15-25(2)3;12-7(13)6-18-3-1-10(2-4-18,11(14,15)16)9(21)17-5-8(19)20/h4-14H,15H2,1-3H3;7H,1-6H2,(H,17,21)(H,19,20). The van der Waals surface area contributed by atoms with Gasteiger partial charge in [-0.2, -0.15) is 13.2 Å². The topological polar surface area (TPSA) is 85.8 Å². The summed E-state index contributed by atoms with van der Waals surface area (Å²) in [6.07, 6.45) is -6.84. The Balaban J connectivity index is 0.000000213. The normalized spacial score (nSPS) is 15.2. The highest BCUT2D eigenvalue weighted by molar-refractivity contribution is 6.05. The Morgan fingerprint density at radius 1 is 0.957 bits per heavy atom. The van der Waals surface area contributed by atoms with E-state index in [0.717, 1.165) is 17.1 Å². The fraction of sp³-hybridized carbons (Fsp3) is 0.382. The third-order valence-electron chi connectivity index (χ3n) is 8.24. The molecule has 5 rings (SSSR count). The summed E-state index contributed by atoms with van der Waals surface area (Å²) in [4.78, 5) is 30.3. The summed E-state index contributed by atoms with van der Waals surface area (Å²) in [5.74, 6) is -2.88. The Hall–Kier alpha value is -4.16. The van der Waals surface area contributed by atoms with E-state index in [4.69, 9.17) is 10.1 Å². The number of nitrogens with one attached hydrogen (secondary N) is 1. The van der Waals surface area contributed by atoms with E-state index in [9.17, 15) is 31.5 Å². The highest BCUT2D eigenvalue weighted by Crippen LogP contribution is 2.46. The Kier molecular flexibility index (Phi) is 10.9. The first kappa shape index (κ1) is 34.7. The van der Waals surface area contributed by atoms with Crippen molar-refractivity contribution in [1.82, 2.24) is 20.1 Å². The second-order valence-electron chi connectivity index (χ2n) is 11.7. The van der Waals surface area contributed by atoms with Crippen LogP contribution in [0.2, 0.25) is 0 Å². The molecule has 46 heavy (non-hydrogen) atoms. The molecule has 4 aromatic rings. The molecule has 1 aliphatic heterocycles. The number of halogens is 5. The van der Waals surface area contributed by atoms with Crippen LogP contribution in [0.25, 0.3) is 32.8 Å². The number of carbonyl (C=O) groups excluding carboxylic acids is 1. The van der Waals surface area contributed by atoms with Crippen molar-refractivity contribution in [3.63, 3.8) is 0 Å². The van der Waals surface area contributed by atoms with Gasteiger partial charge in [-0.05, 0) is 74.2 Å². The van der Waals surface area contributed by atoms with Crippen molar-refractivity contribution in [2.75, 3.05) is 40.3 Å². The van der Waals surface area contributed by atoms with E-state index in [1.54, 1.807) is 5.32 Å². The molecule has 0 unspecified atom stereocenters. The van der Waals surface area contributed by atoms with Gasteiger partial charge in [0.2, 0.25) is 5.91 Å². The minimum absolute atomic E-state index is 0.301. The van der Waals surface area contributed by atoms with Crippen molar-refractivity contribution in [2.24, 2.45) is 5.41 Å². The van der Waals surface area contributed by atoms with E-state index in [-0.39, 0.29) is 13.1 Å². The van der Waals surface area contributed by atoms with Gasteiger partial charge in [-0.25, -0.2) is 8.78 Å². The first-order chi connectivity index (χ1) is 21.7. The van der Waals surface area contributed by atoms with Crippen molar-refractivity contribution < 1.29 is 36.6 Å². The molecular weight excluding hydrogens is 607 g/mol. The second kappa shape index (κ2) is 14.5. The van der Waals surface area contributed by atoms with Crippen LogP contribution >= 0.6 is 0 Å². The predicted octanol–water partition coefficient (Wildman–Crippen LogP) is 6.52. The number of carbonyl (C=O) groups is 2. The number of aryl methyl sites for hydroxylation is 1.